The Morgan fingerprint density at radius 1 is 1.00 bits per heavy atom. The summed E-state index contributed by atoms with van der Waals surface area (Å²) in [6.07, 6.45) is 2.24. The van der Waals surface area contributed by atoms with Gasteiger partial charge in [0, 0.05) is 0 Å². The maximum absolute atomic E-state index is 12.5. The van der Waals surface area contributed by atoms with Crippen molar-refractivity contribution in [3.63, 3.8) is 0 Å². The van der Waals surface area contributed by atoms with Crippen LogP contribution >= 0.6 is 23.4 Å². The summed E-state index contributed by atoms with van der Waals surface area (Å²) in [5.41, 5.74) is 4.79. The lowest BCUT2D eigenvalue weighted by molar-refractivity contribution is -0.123. The van der Waals surface area contributed by atoms with E-state index < -0.39 is 23.8 Å². The van der Waals surface area contributed by atoms with Gasteiger partial charge in [-0.15, -0.1) is 0 Å². The number of hydrogen-bond acceptors (Lipinski definition) is 5. The summed E-state index contributed by atoms with van der Waals surface area (Å²) < 4.78 is 0. The Labute approximate surface area is 171 Å². The topological polar surface area (TPSA) is 108 Å². The van der Waals surface area contributed by atoms with Crippen LogP contribution in [0.1, 0.15) is 27.1 Å². The molecule has 0 unspecified atom stereocenters. The number of phenols is 1. The lowest BCUT2D eigenvalue weighted by Crippen LogP contribution is -2.52. The highest BCUT2D eigenvalue weighted by molar-refractivity contribution is 7.98. The molecule has 148 valence electrons. The Morgan fingerprint density at radius 3 is 2.29 bits per heavy atom. The molecule has 4 N–H and O–H groups in total. The largest absolute Gasteiger partial charge is 0.507 e. The molecule has 0 aliphatic rings. The smallest absolute Gasteiger partial charge is 0.273 e. The number of halogens is 1. The number of hydrogen-bond donors (Lipinski definition) is 4. The van der Waals surface area contributed by atoms with E-state index in [9.17, 15) is 19.5 Å². The van der Waals surface area contributed by atoms with E-state index in [0.717, 1.165) is 0 Å². The number of nitrogens with one attached hydrogen (secondary N) is 3. The van der Waals surface area contributed by atoms with Gasteiger partial charge in [-0.25, -0.2) is 0 Å². The predicted molar refractivity (Wildman–Crippen MR) is 109 cm³/mol. The van der Waals surface area contributed by atoms with Crippen LogP contribution in [0.5, 0.6) is 5.75 Å². The molecule has 0 aromatic heterocycles. The molecule has 1 atom stereocenters. The number of carbonyl (C=O) groups is 3. The van der Waals surface area contributed by atoms with Crippen LogP contribution in [0.3, 0.4) is 0 Å². The molecule has 0 saturated carbocycles. The average molecular weight is 422 g/mol. The number of benzene rings is 2. The number of rotatable bonds is 7. The summed E-state index contributed by atoms with van der Waals surface area (Å²) in [5.74, 6) is -1.33. The number of phenolic OH excluding ortho intramolecular Hbond substituents is 1. The zero-order valence-electron chi connectivity index (χ0n) is 15.1. The van der Waals surface area contributed by atoms with Crippen LogP contribution in [0.25, 0.3) is 0 Å². The number of amides is 3. The van der Waals surface area contributed by atoms with Gasteiger partial charge in [0.05, 0.1) is 16.1 Å². The van der Waals surface area contributed by atoms with Crippen LogP contribution in [0.15, 0.2) is 48.5 Å². The van der Waals surface area contributed by atoms with Crippen molar-refractivity contribution in [2.24, 2.45) is 0 Å². The summed E-state index contributed by atoms with van der Waals surface area (Å²) in [6, 6.07) is 11.6. The molecule has 0 heterocycles. The Kier molecular flexibility index (Phi) is 8.16. The molecule has 0 spiro atoms. The average Bonchev–Trinajstić information content (AvgIpc) is 2.69. The van der Waals surface area contributed by atoms with E-state index >= 15 is 0 Å². The van der Waals surface area contributed by atoms with Crippen LogP contribution in [0.2, 0.25) is 5.02 Å². The number of para-hydroxylation sites is 1. The van der Waals surface area contributed by atoms with E-state index in [1.807, 2.05) is 6.26 Å². The van der Waals surface area contributed by atoms with Gasteiger partial charge in [-0.1, -0.05) is 35.9 Å². The van der Waals surface area contributed by atoms with Crippen molar-refractivity contribution in [3.8, 4) is 5.75 Å². The second-order valence-electron chi connectivity index (χ2n) is 5.75. The Hall–Kier alpha value is -2.71. The van der Waals surface area contributed by atoms with Gasteiger partial charge >= 0.3 is 0 Å². The highest BCUT2D eigenvalue weighted by atomic mass is 35.5. The molecular formula is C19H20ClN3O4S. The zero-order chi connectivity index (χ0) is 20.5. The van der Waals surface area contributed by atoms with E-state index in [1.165, 1.54) is 23.9 Å². The van der Waals surface area contributed by atoms with Crippen molar-refractivity contribution < 1.29 is 19.5 Å². The Bertz CT molecular complexity index is 863. The summed E-state index contributed by atoms with van der Waals surface area (Å²) in [7, 11) is 0. The lowest BCUT2D eigenvalue weighted by Gasteiger charge is -2.19. The molecule has 2 aromatic rings. The van der Waals surface area contributed by atoms with Crippen LogP contribution < -0.4 is 16.2 Å². The number of carbonyl (C=O) groups excluding carboxylic acids is 3. The molecule has 2 aromatic carbocycles. The molecule has 0 radical (unpaired) electrons. The SMILES string of the molecule is CSCC[C@H](NC(=O)c1ccccc1Cl)C(=O)NNC(=O)c1ccccc1O. The van der Waals surface area contributed by atoms with Gasteiger partial charge < -0.3 is 10.4 Å². The fourth-order valence-electron chi connectivity index (χ4n) is 2.32. The van der Waals surface area contributed by atoms with Crippen LogP contribution in [0, 0.1) is 0 Å². The second kappa shape index (κ2) is 10.6. The van der Waals surface area contributed by atoms with Gasteiger partial charge in [-0.05, 0) is 42.7 Å². The normalized spacial score (nSPS) is 11.4. The predicted octanol–water partition coefficient (Wildman–Crippen LogP) is 2.36. The number of thioether (sulfide) groups is 1. The van der Waals surface area contributed by atoms with Gasteiger partial charge in [0.25, 0.3) is 17.7 Å². The van der Waals surface area contributed by atoms with Crippen molar-refractivity contribution in [1.29, 1.82) is 0 Å². The first-order valence-electron chi connectivity index (χ1n) is 8.36. The Balaban J connectivity index is 2.02. The molecule has 2 rings (SSSR count). The van der Waals surface area contributed by atoms with E-state index in [-0.39, 0.29) is 21.9 Å². The van der Waals surface area contributed by atoms with E-state index in [0.29, 0.717) is 12.2 Å². The molecule has 28 heavy (non-hydrogen) atoms. The molecule has 0 bridgehead atoms. The second-order valence-corrected chi connectivity index (χ2v) is 7.14. The minimum Gasteiger partial charge on any atom is -0.507 e. The van der Waals surface area contributed by atoms with Crippen molar-refractivity contribution in [2.45, 2.75) is 12.5 Å². The minimum atomic E-state index is -0.874. The monoisotopic (exact) mass is 421 g/mol. The van der Waals surface area contributed by atoms with Crippen LogP contribution in [-0.4, -0.2) is 40.9 Å². The fraction of sp³-hybridized carbons (Fsp3) is 0.211. The fourth-order valence-corrected chi connectivity index (χ4v) is 3.02. The van der Waals surface area contributed by atoms with Gasteiger partial charge in [-0.3, -0.25) is 25.2 Å². The highest BCUT2D eigenvalue weighted by Crippen LogP contribution is 2.16. The molecule has 3 amide bonds. The number of hydrazine groups is 1. The van der Waals surface area contributed by atoms with E-state index in [2.05, 4.69) is 16.2 Å². The third kappa shape index (κ3) is 5.90. The highest BCUT2D eigenvalue weighted by Gasteiger charge is 2.23. The van der Waals surface area contributed by atoms with Gasteiger partial charge in [0.15, 0.2) is 0 Å². The maximum atomic E-state index is 12.5. The van der Waals surface area contributed by atoms with Gasteiger partial charge in [0.2, 0.25) is 0 Å². The van der Waals surface area contributed by atoms with Crippen molar-refractivity contribution in [2.75, 3.05) is 12.0 Å². The summed E-state index contributed by atoms with van der Waals surface area (Å²) in [5, 5.41) is 12.6. The quantitative estimate of drug-likeness (QED) is 0.513. The first kappa shape index (κ1) is 21.6. The number of aromatic hydroxyl groups is 1. The van der Waals surface area contributed by atoms with Crippen molar-refractivity contribution >= 4 is 41.1 Å². The standard InChI is InChI=1S/C19H20ClN3O4S/c1-28-11-10-15(21-17(25)12-6-2-4-8-14(12)20)19(27)23-22-18(26)13-7-3-5-9-16(13)24/h2-9,15,24H,10-11H2,1H3,(H,21,25)(H,22,26)(H,23,27)/t15-/m0/s1. The molecule has 0 fully saturated rings. The molecule has 0 aliphatic carbocycles. The third-order valence-electron chi connectivity index (χ3n) is 3.80. The van der Waals surface area contributed by atoms with Gasteiger partial charge in [0.1, 0.15) is 11.8 Å². The van der Waals surface area contributed by atoms with Crippen molar-refractivity contribution in [1.82, 2.24) is 16.2 Å². The third-order valence-corrected chi connectivity index (χ3v) is 4.77. The molecule has 9 heteroatoms. The lowest BCUT2D eigenvalue weighted by atomic mass is 10.1. The first-order valence-corrected chi connectivity index (χ1v) is 10.1. The molecule has 0 saturated heterocycles. The molecule has 0 aliphatic heterocycles. The van der Waals surface area contributed by atoms with Gasteiger partial charge in [-0.2, -0.15) is 11.8 Å². The zero-order valence-corrected chi connectivity index (χ0v) is 16.6. The van der Waals surface area contributed by atoms with E-state index in [4.69, 9.17) is 11.6 Å². The summed E-state index contributed by atoms with van der Waals surface area (Å²) >= 11 is 7.54. The maximum Gasteiger partial charge on any atom is 0.273 e. The van der Waals surface area contributed by atoms with Crippen LogP contribution in [0.4, 0.5) is 0 Å². The Morgan fingerprint density at radius 2 is 1.64 bits per heavy atom. The minimum absolute atomic E-state index is 0.0172. The van der Waals surface area contributed by atoms with E-state index in [1.54, 1.807) is 36.4 Å². The molecular weight excluding hydrogens is 402 g/mol. The molecule has 7 nitrogen and oxygen atoms in total. The summed E-state index contributed by atoms with van der Waals surface area (Å²) in [4.78, 5) is 37.0. The summed E-state index contributed by atoms with van der Waals surface area (Å²) in [6.45, 7) is 0. The van der Waals surface area contributed by atoms with Crippen LogP contribution in [-0.2, 0) is 4.79 Å². The van der Waals surface area contributed by atoms with Crippen molar-refractivity contribution in [3.05, 3.63) is 64.7 Å². The first-order chi connectivity index (χ1) is 13.4.